The molecule has 0 aliphatic rings. The Hall–Kier alpha value is -1.69. The van der Waals surface area contributed by atoms with Crippen LogP contribution in [0.4, 0.5) is 10.2 Å². The fraction of sp³-hybridized carbons (Fsp3) is 0.286. The third-order valence-corrected chi connectivity index (χ3v) is 3.12. The molecule has 106 valence electrons. The first-order chi connectivity index (χ1) is 9.25. The van der Waals surface area contributed by atoms with Crippen LogP contribution in [-0.2, 0) is 5.41 Å². The van der Waals surface area contributed by atoms with Crippen molar-refractivity contribution in [2.24, 2.45) is 0 Å². The first kappa shape index (κ1) is 14.7. The number of benzene rings is 1. The lowest BCUT2D eigenvalue weighted by Gasteiger charge is -2.17. The lowest BCUT2D eigenvalue weighted by atomic mass is 9.96. The van der Waals surface area contributed by atoms with Crippen LogP contribution in [0.25, 0.3) is 0 Å². The highest BCUT2D eigenvalue weighted by molar-refractivity contribution is 9.10. The van der Waals surface area contributed by atoms with Crippen molar-refractivity contribution in [2.45, 2.75) is 26.2 Å². The van der Waals surface area contributed by atoms with E-state index in [-0.39, 0.29) is 11.2 Å². The highest BCUT2D eigenvalue weighted by Gasteiger charge is 2.19. The van der Waals surface area contributed by atoms with Gasteiger partial charge in [-0.1, -0.05) is 20.8 Å². The second kappa shape index (κ2) is 5.36. The average molecular weight is 340 g/mol. The highest BCUT2D eigenvalue weighted by atomic mass is 79.9. The SMILES string of the molecule is CC(C)(C)c1nc(N)cc(Oc2ccc(F)cc2Br)n1. The maximum absolute atomic E-state index is 13.0. The summed E-state index contributed by atoms with van der Waals surface area (Å²) in [5.41, 5.74) is 5.53. The zero-order valence-corrected chi connectivity index (χ0v) is 13.0. The van der Waals surface area contributed by atoms with Crippen molar-refractivity contribution in [1.29, 1.82) is 0 Å². The zero-order chi connectivity index (χ0) is 14.9. The van der Waals surface area contributed by atoms with Crippen molar-refractivity contribution in [3.8, 4) is 11.6 Å². The van der Waals surface area contributed by atoms with Gasteiger partial charge in [0.15, 0.2) is 0 Å². The molecule has 4 nitrogen and oxygen atoms in total. The Labute approximate surface area is 125 Å². The van der Waals surface area contributed by atoms with Gasteiger partial charge in [0.2, 0.25) is 5.88 Å². The summed E-state index contributed by atoms with van der Waals surface area (Å²) in [6.07, 6.45) is 0. The number of rotatable bonds is 2. The second-order valence-electron chi connectivity index (χ2n) is 5.38. The summed E-state index contributed by atoms with van der Waals surface area (Å²) in [5.74, 6) is 1.37. The number of ether oxygens (including phenoxy) is 1. The molecule has 2 N–H and O–H groups in total. The molecule has 20 heavy (non-hydrogen) atoms. The molecule has 0 bridgehead atoms. The van der Waals surface area contributed by atoms with E-state index in [1.807, 2.05) is 20.8 Å². The van der Waals surface area contributed by atoms with Crippen LogP contribution in [0.15, 0.2) is 28.7 Å². The summed E-state index contributed by atoms with van der Waals surface area (Å²) in [5, 5.41) is 0. The number of hydrogen-bond acceptors (Lipinski definition) is 4. The second-order valence-corrected chi connectivity index (χ2v) is 6.24. The number of anilines is 1. The van der Waals surface area contributed by atoms with Crippen LogP contribution in [0.3, 0.4) is 0 Å². The van der Waals surface area contributed by atoms with Gasteiger partial charge in [-0.25, -0.2) is 9.37 Å². The van der Waals surface area contributed by atoms with Crippen molar-refractivity contribution >= 4 is 21.7 Å². The van der Waals surface area contributed by atoms with Crippen LogP contribution in [0.2, 0.25) is 0 Å². The number of nitrogens with two attached hydrogens (primary N) is 1. The monoisotopic (exact) mass is 339 g/mol. The molecule has 0 fully saturated rings. The van der Waals surface area contributed by atoms with E-state index in [1.54, 1.807) is 0 Å². The van der Waals surface area contributed by atoms with Crippen molar-refractivity contribution in [2.75, 3.05) is 5.73 Å². The molecule has 1 aromatic heterocycles. The Morgan fingerprint density at radius 2 is 1.90 bits per heavy atom. The van der Waals surface area contributed by atoms with Crippen LogP contribution in [0.1, 0.15) is 26.6 Å². The van der Waals surface area contributed by atoms with Crippen molar-refractivity contribution < 1.29 is 9.13 Å². The molecule has 0 spiro atoms. The van der Waals surface area contributed by atoms with Gasteiger partial charge in [-0.3, -0.25) is 0 Å². The zero-order valence-electron chi connectivity index (χ0n) is 11.4. The van der Waals surface area contributed by atoms with Crippen molar-refractivity contribution in [1.82, 2.24) is 9.97 Å². The normalized spacial score (nSPS) is 11.4. The minimum absolute atomic E-state index is 0.243. The standard InChI is InChI=1S/C14H15BrFN3O/c1-14(2,3)13-18-11(17)7-12(19-13)20-10-5-4-8(16)6-9(10)15/h4-7H,1-3H3,(H2,17,18,19). The van der Waals surface area contributed by atoms with E-state index in [1.165, 1.54) is 24.3 Å². The van der Waals surface area contributed by atoms with E-state index in [2.05, 4.69) is 25.9 Å². The Bertz CT molecular complexity index is 641. The molecule has 1 aromatic carbocycles. The van der Waals surface area contributed by atoms with Gasteiger partial charge < -0.3 is 10.5 Å². The smallest absolute Gasteiger partial charge is 0.224 e. The summed E-state index contributed by atoms with van der Waals surface area (Å²) in [7, 11) is 0. The molecule has 0 aliphatic carbocycles. The summed E-state index contributed by atoms with van der Waals surface area (Å²) < 4.78 is 19.2. The summed E-state index contributed by atoms with van der Waals surface area (Å²) >= 11 is 3.24. The molecule has 2 rings (SSSR count). The maximum Gasteiger partial charge on any atom is 0.224 e. The molecule has 0 radical (unpaired) electrons. The molecule has 0 amide bonds. The number of hydrogen-bond donors (Lipinski definition) is 1. The van der Waals surface area contributed by atoms with E-state index < -0.39 is 0 Å². The van der Waals surface area contributed by atoms with E-state index in [9.17, 15) is 4.39 Å². The molecule has 0 atom stereocenters. The van der Waals surface area contributed by atoms with E-state index in [4.69, 9.17) is 10.5 Å². The van der Waals surface area contributed by atoms with Gasteiger partial charge in [-0.05, 0) is 34.1 Å². The molecule has 0 aliphatic heterocycles. The Morgan fingerprint density at radius 3 is 2.50 bits per heavy atom. The minimum atomic E-state index is -0.346. The van der Waals surface area contributed by atoms with Gasteiger partial charge in [-0.2, -0.15) is 4.98 Å². The van der Waals surface area contributed by atoms with E-state index in [0.29, 0.717) is 27.7 Å². The lowest BCUT2D eigenvalue weighted by molar-refractivity contribution is 0.443. The number of aromatic nitrogens is 2. The first-order valence-electron chi connectivity index (χ1n) is 6.03. The van der Waals surface area contributed by atoms with Gasteiger partial charge in [0.25, 0.3) is 0 Å². The third-order valence-electron chi connectivity index (χ3n) is 2.50. The van der Waals surface area contributed by atoms with Crippen LogP contribution in [0, 0.1) is 5.82 Å². The van der Waals surface area contributed by atoms with Crippen LogP contribution >= 0.6 is 15.9 Å². The van der Waals surface area contributed by atoms with Gasteiger partial charge in [0.05, 0.1) is 4.47 Å². The molecule has 0 unspecified atom stereocenters. The molecule has 6 heteroatoms. The van der Waals surface area contributed by atoms with Crippen LogP contribution < -0.4 is 10.5 Å². The predicted molar refractivity (Wildman–Crippen MR) is 79.3 cm³/mol. The number of halogens is 2. The van der Waals surface area contributed by atoms with E-state index >= 15 is 0 Å². The van der Waals surface area contributed by atoms with Gasteiger partial charge >= 0.3 is 0 Å². The van der Waals surface area contributed by atoms with Gasteiger partial charge in [-0.15, -0.1) is 0 Å². The number of nitrogen functional groups attached to an aromatic ring is 1. The fourth-order valence-corrected chi connectivity index (χ4v) is 1.93. The topological polar surface area (TPSA) is 61.0 Å². The molecule has 0 saturated carbocycles. The maximum atomic E-state index is 13.0. The number of nitrogens with zero attached hydrogens (tertiary/aromatic N) is 2. The Kier molecular flexibility index (Phi) is 3.94. The van der Waals surface area contributed by atoms with Crippen molar-refractivity contribution in [3.63, 3.8) is 0 Å². The van der Waals surface area contributed by atoms with Crippen LogP contribution in [-0.4, -0.2) is 9.97 Å². The largest absolute Gasteiger partial charge is 0.438 e. The summed E-state index contributed by atoms with van der Waals surface area (Å²) in [6.45, 7) is 5.96. The van der Waals surface area contributed by atoms with Gasteiger partial charge in [0.1, 0.15) is 23.2 Å². The quantitative estimate of drug-likeness (QED) is 0.896. The average Bonchev–Trinajstić information content (AvgIpc) is 2.31. The fourth-order valence-electron chi connectivity index (χ4n) is 1.50. The van der Waals surface area contributed by atoms with Crippen LogP contribution in [0.5, 0.6) is 11.6 Å². The summed E-state index contributed by atoms with van der Waals surface area (Å²) in [4.78, 5) is 8.53. The highest BCUT2D eigenvalue weighted by Crippen LogP contribution is 2.31. The molecule has 1 heterocycles. The Balaban J connectivity index is 2.36. The first-order valence-corrected chi connectivity index (χ1v) is 6.83. The van der Waals surface area contributed by atoms with Crippen molar-refractivity contribution in [3.05, 3.63) is 40.4 Å². The Morgan fingerprint density at radius 1 is 1.20 bits per heavy atom. The molecule has 0 saturated heterocycles. The predicted octanol–water partition coefficient (Wildman–Crippen LogP) is 4.05. The van der Waals surface area contributed by atoms with E-state index in [0.717, 1.165) is 0 Å². The third kappa shape index (κ3) is 3.45. The molecular weight excluding hydrogens is 325 g/mol. The van der Waals surface area contributed by atoms with Gasteiger partial charge in [0, 0.05) is 11.5 Å². The molecule has 2 aromatic rings. The lowest BCUT2D eigenvalue weighted by Crippen LogP contribution is -2.17. The molecular formula is C14H15BrFN3O. The minimum Gasteiger partial charge on any atom is -0.438 e. The summed E-state index contributed by atoms with van der Waals surface area (Å²) in [6, 6.07) is 5.69.